The van der Waals surface area contributed by atoms with Gasteiger partial charge in [-0.3, -0.25) is 0 Å². The lowest BCUT2D eigenvalue weighted by atomic mass is 9.70. The summed E-state index contributed by atoms with van der Waals surface area (Å²) in [5.41, 5.74) is 12.3. The van der Waals surface area contributed by atoms with Crippen LogP contribution in [0.15, 0.2) is 158 Å². The van der Waals surface area contributed by atoms with Gasteiger partial charge in [-0.1, -0.05) is 133 Å². The molecule has 2 aliphatic carbocycles. The third kappa shape index (κ3) is 3.45. The Morgan fingerprint density at radius 3 is 1.45 bits per heavy atom. The van der Waals surface area contributed by atoms with Gasteiger partial charge in [-0.15, -0.1) is 0 Å². The molecule has 8 aromatic carbocycles. The predicted octanol–water partition coefficient (Wildman–Crippen LogP) is 11.9. The van der Waals surface area contributed by atoms with Crippen LogP contribution in [0, 0.1) is 11.6 Å². The van der Waals surface area contributed by atoms with Crippen LogP contribution in [-0.2, 0) is 5.41 Å². The zero-order valence-corrected chi connectivity index (χ0v) is 25.3. The average molecular weight is 605 g/mol. The summed E-state index contributed by atoms with van der Waals surface area (Å²) < 4.78 is 30.6. The van der Waals surface area contributed by atoms with E-state index in [0.717, 1.165) is 43.8 Å². The van der Waals surface area contributed by atoms with E-state index in [4.69, 9.17) is 0 Å². The van der Waals surface area contributed by atoms with Crippen molar-refractivity contribution in [1.29, 1.82) is 0 Å². The zero-order chi connectivity index (χ0) is 31.3. The monoisotopic (exact) mass is 604 g/mol. The maximum absolute atomic E-state index is 15.3. The maximum atomic E-state index is 15.3. The summed E-state index contributed by atoms with van der Waals surface area (Å²) in [4.78, 5) is 0. The van der Waals surface area contributed by atoms with Gasteiger partial charge in [-0.05, 0) is 113 Å². The second-order valence-corrected chi connectivity index (χ2v) is 12.6. The molecule has 0 saturated carbocycles. The van der Waals surface area contributed by atoms with Gasteiger partial charge in [0.2, 0.25) is 0 Å². The van der Waals surface area contributed by atoms with Crippen molar-refractivity contribution in [3.63, 3.8) is 0 Å². The average Bonchev–Trinajstić information content (AvgIpc) is 3.59. The first-order valence-electron chi connectivity index (χ1n) is 16.0. The second-order valence-electron chi connectivity index (χ2n) is 12.6. The van der Waals surface area contributed by atoms with E-state index in [0.29, 0.717) is 11.1 Å². The lowest BCUT2D eigenvalue weighted by molar-refractivity contribution is 0.509. The first-order chi connectivity index (χ1) is 23.1. The van der Waals surface area contributed by atoms with Crippen LogP contribution < -0.4 is 0 Å². The molecule has 2 heteroatoms. The molecule has 8 aromatic rings. The molecule has 0 bridgehead atoms. The number of halogens is 2. The molecule has 0 amide bonds. The molecule has 0 atom stereocenters. The number of hydrogen-bond acceptors (Lipinski definition) is 0. The van der Waals surface area contributed by atoms with Gasteiger partial charge in [0.1, 0.15) is 0 Å². The smallest absolute Gasteiger partial charge is 0.159 e. The maximum Gasteiger partial charge on any atom is 0.159 e. The van der Waals surface area contributed by atoms with Crippen molar-refractivity contribution in [2.24, 2.45) is 0 Å². The van der Waals surface area contributed by atoms with Crippen LogP contribution in [0.1, 0.15) is 22.3 Å². The Morgan fingerprint density at radius 2 is 0.809 bits per heavy atom. The van der Waals surface area contributed by atoms with E-state index in [2.05, 4.69) is 121 Å². The van der Waals surface area contributed by atoms with E-state index in [9.17, 15) is 0 Å². The topological polar surface area (TPSA) is 0 Å². The Hall–Kier alpha value is -5.86. The molecule has 0 aromatic heterocycles. The first-order valence-corrected chi connectivity index (χ1v) is 16.0. The minimum absolute atomic E-state index is 0.524. The molecule has 0 nitrogen and oxygen atoms in total. The van der Waals surface area contributed by atoms with E-state index in [-0.39, 0.29) is 0 Å². The zero-order valence-electron chi connectivity index (χ0n) is 25.3. The van der Waals surface area contributed by atoms with Gasteiger partial charge in [0.05, 0.1) is 5.41 Å². The SMILES string of the molecule is Fc1cc(-c2ccc3c(c2)C2(c4ccccc4-c4ccccc42)c2ccccc2-3)c(-c2cc3ccccc3c3ccccc23)cc1F. The van der Waals surface area contributed by atoms with Gasteiger partial charge in [0, 0.05) is 0 Å². The molecule has 0 saturated heterocycles. The Labute approximate surface area is 271 Å². The molecule has 1 spiro atoms. The molecule has 0 heterocycles. The summed E-state index contributed by atoms with van der Waals surface area (Å²) in [7, 11) is 0. The standard InChI is InChI=1S/C45H26F2/c46-43-25-36(38(26-44(43)47)37-23-27-11-1-2-12-29(27)30-13-3-4-14-31(30)37)28-21-22-35-34-17-7-10-20-41(34)45(42(35)24-28)39-18-8-5-15-32(39)33-16-6-9-19-40(33)45/h1-26H. The highest BCUT2D eigenvalue weighted by Gasteiger charge is 2.51. The molecule has 0 aliphatic heterocycles. The largest absolute Gasteiger partial charge is 0.204 e. The fraction of sp³-hybridized carbons (Fsp3) is 0.0222. The van der Waals surface area contributed by atoms with Crippen molar-refractivity contribution in [1.82, 2.24) is 0 Å². The first kappa shape index (κ1) is 26.4. The van der Waals surface area contributed by atoms with Crippen molar-refractivity contribution < 1.29 is 8.78 Å². The Kier molecular flexibility index (Phi) is 5.37. The fourth-order valence-electron chi connectivity index (χ4n) is 8.55. The van der Waals surface area contributed by atoms with Crippen LogP contribution in [0.3, 0.4) is 0 Å². The normalized spacial score (nSPS) is 13.5. The number of fused-ring (bicyclic) bond motifs is 13. The van der Waals surface area contributed by atoms with Gasteiger partial charge in [-0.2, -0.15) is 0 Å². The van der Waals surface area contributed by atoms with Gasteiger partial charge < -0.3 is 0 Å². The minimum atomic E-state index is -0.857. The number of benzene rings is 8. The molecule has 47 heavy (non-hydrogen) atoms. The van der Waals surface area contributed by atoms with E-state index in [1.165, 1.54) is 45.5 Å². The summed E-state index contributed by atoms with van der Waals surface area (Å²) in [6.07, 6.45) is 0. The molecule has 0 radical (unpaired) electrons. The molecular weight excluding hydrogens is 578 g/mol. The fourth-order valence-corrected chi connectivity index (χ4v) is 8.55. The van der Waals surface area contributed by atoms with Crippen LogP contribution in [0.25, 0.3) is 66.1 Å². The highest BCUT2D eigenvalue weighted by molar-refractivity contribution is 6.15. The second kappa shape index (κ2) is 9.57. The van der Waals surface area contributed by atoms with Crippen LogP contribution in [0.4, 0.5) is 8.78 Å². The molecule has 220 valence electrons. The van der Waals surface area contributed by atoms with Crippen molar-refractivity contribution in [3.05, 3.63) is 192 Å². The molecule has 0 N–H and O–H groups in total. The van der Waals surface area contributed by atoms with E-state index in [1.807, 2.05) is 24.3 Å². The summed E-state index contributed by atoms with van der Waals surface area (Å²) in [5.74, 6) is -1.71. The highest BCUT2D eigenvalue weighted by atomic mass is 19.2. The van der Waals surface area contributed by atoms with Gasteiger partial charge >= 0.3 is 0 Å². The van der Waals surface area contributed by atoms with E-state index in [1.54, 1.807) is 0 Å². The lowest BCUT2D eigenvalue weighted by Gasteiger charge is -2.30. The third-order valence-electron chi connectivity index (χ3n) is 10.4. The van der Waals surface area contributed by atoms with E-state index < -0.39 is 17.0 Å². The molecular formula is C45H26F2. The summed E-state index contributed by atoms with van der Waals surface area (Å²) in [6, 6.07) is 53.8. The third-order valence-corrected chi connectivity index (χ3v) is 10.4. The Bertz CT molecular complexity index is 2550. The van der Waals surface area contributed by atoms with Crippen LogP contribution in [0.5, 0.6) is 0 Å². The van der Waals surface area contributed by atoms with Crippen LogP contribution in [-0.4, -0.2) is 0 Å². The molecule has 10 rings (SSSR count). The minimum Gasteiger partial charge on any atom is -0.204 e. The van der Waals surface area contributed by atoms with Crippen LogP contribution in [0.2, 0.25) is 0 Å². The quantitative estimate of drug-likeness (QED) is 0.172. The number of rotatable bonds is 2. The summed E-state index contributed by atoms with van der Waals surface area (Å²) in [5, 5.41) is 4.27. The highest BCUT2D eigenvalue weighted by Crippen LogP contribution is 2.63. The van der Waals surface area contributed by atoms with E-state index >= 15 is 8.78 Å². The van der Waals surface area contributed by atoms with Gasteiger partial charge in [-0.25, -0.2) is 8.78 Å². The lowest BCUT2D eigenvalue weighted by Crippen LogP contribution is -2.25. The van der Waals surface area contributed by atoms with Gasteiger partial charge in [0.25, 0.3) is 0 Å². The summed E-state index contributed by atoms with van der Waals surface area (Å²) >= 11 is 0. The van der Waals surface area contributed by atoms with Crippen LogP contribution >= 0.6 is 0 Å². The Morgan fingerprint density at radius 1 is 0.319 bits per heavy atom. The van der Waals surface area contributed by atoms with Crippen molar-refractivity contribution >= 4 is 21.5 Å². The predicted molar refractivity (Wildman–Crippen MR) is 189 cm³/mol. The van der Waals surface area contributed by atoms with Gasteiger partial charge in [0.15, 0.2) is 11.6 Å². The Balaban J connectivity index is 1.29. The van der Waals surface area contributed by atoms with Crippen molar-refractivity contribution in [2.75, 3.05) is 0 Å². The van der Waals surface area contributed by atoms with Crippen molar-refractivity contribution in [2.45, 2.75) is 5.41 Å². The summed E-state index contributed by atoms with van der Waals surface area (Å²) in [6.45, 7) is 0. The number of hydrogen-bond donors (Lipinski definition) is 0. The van der Waals surface area contributed by atoms with Crippen molar-refractivity contribution in [3.8, 4) is 44.5 Å². The molecule has 2 aliphatic rings. The molecule has 0 fully saturated rings. The molecule has 0 unspecified atom stereocenters.